The number of piperidine rings is 1. The summed E-state index contributed by atoms with van der Waals surface area (Å²) in [5.41, 5.74) is 1.02. The third-order valence-electron chi connectivity index (χ3n) is 5.04. The summed E-state index contributed by atoms with van der Waals surface area (Å²) in [6.07, 6.45) is 5.55. The van der Waals surface area contributed by atoms with Gasteiger partial charge in [0.25, 0.3) is 0 Å². The molecule has 0 spiro atoms. The molecule has 1 aliphatic heterocycles. The maximum absolute atomic E-state index is 12.6. The van der Waals surface area contributed by atoms with Gasteiger partial charge in [-0.25, -0.2) is 22.7 Å². The van der Waals surface area contributed by atoms with E-state index >= 15 is 0 Å². The number of benzene rings is 1. The molecule has 2 aromatic heterocycles. The lowest BCUT2D eigenvalue weighted by atomic mass is 9.97. The van der Waals surface area contributed by atoms with Crippen molar-refractivity contribution in [3.63, 3.8) is 0 Å². The van der Waals surface area contributed by atoms with E-state index in [9.17, 15) is 13.2 Å². The van der Waals surface area contributed by atoms with Gasteiger partial charge in [0.2, 0.25) is 15.9 Å². The molecular formula is C19H21N5O3S. The van der Waals surface area contributed by atoms with E-state index in [1.165, 1.54) is 16.9 Å². The summed E-state index contributed by atoms with van der Waals surface area (Å²) in [5, 5.41) is 3.95. The quantitative estimate of drug-likeness (QED) is 0.724. The molecule has 0 saturated carbocycles. The van der Waals surface area contributed by atoms with E-state index in [0.717, 1.165) is 10.9 Å². The summed E-state index contributed by atoms with van der Waals surface area (Å²) < 4.78 is 26.6. The number of rotatable bonds is 4. The zero-order valence-electron chi connectivity index (χ0n) is 15.4. The van der Waals surface area contributed by atoms with Gasteiger partial charge in [0.05, 0.1) is 11.8 Å². The van der Waals surface area contributed by atoms with Gasteiger partial charge in [0.1, 0.15) is 18.0 Å². The van der Waals surface area contributed by atoms with E-state index in [0.29, 0.717) is 37.6 Å². The lowest BCUT2D eigenvalue weighted by molar-refractivity contribution is -0.120. The van der Waals surface area contributed by atoms with E-state index < -0.39 is 10.0 Å². The summed E-state index contributed by atoms with van der Waals surface area (Å²) in [7, 11) is -3.20. The van der Waals surface area contributed by atoms with Crippen LogP contribution in [-0.4, -0.2) is 52.5 Å². The number of nitrogens with zero attached hydrogens (tertiary/aromatic N) is 4. The predicted octanol–water partition coefficient (Wildman–Crippen LogP) is 2.03. The molecule has 1 aromatic carbocycles. The smallest absolute Gasteiger partial charge is 0.228 e. The zero-order valence-corrected chi connectivity index (χ0v) is 16.3. The Balaban J connectivity index is 1.48. The van der Waals surface area contributed by atoms with E-state index in [2.05, 4.69) is 15.3 Å². The Morgan fingerprint density at radius 2 is 1.89 bits per heavy atom. The molecule has 1 N–H and O–H groups in total. The minimum atomic E-state index is -3.20. The Morgan fingerprint density at radius 3 is 2.64 bits per heavy atom. The fourth-order valence-corrected chi connectivity index (χ4v) is 4.38. The molecule has 0 bridgehead atoms. The topological polar surface area (TPSA) is 97.2 Å². The highest BCUT2D eigenvalue weighted by atomic mass is 32.2. The van der Waals surface area contributed by atoms with Crippen LogP contribution in [0.2, 0.25) is 0 Å². The molecule has 1 fully saturated rings. The summed E-state index contributed by atoms with van der Waals surface area (Å²) in [6, 6.07) is 11.7. The first kappa shape index (κ1) is 18.6. The van der Waals surface area contributed by atoms with Gasteiger partial charge in [-0.3, -0.25) is 4.79 Å². The van der Waals surface area contributed by atoms with Crippen molar-refractivity contribution < 1.29 is 13.2 Å². The fourth-order valence-electron chi connectivity index (χ4n) is 3.51. The van der Waals surface area contributed by atoms with Crippen LogP contribution in [-0.2, 0) is 14.8 Å². The van der Waals surface area contributed by atoms with Gasteiger partial charge >= 0.3 is 0 Å². The van der Waals surface area contributed by atoms with Crippen molar-refractivity contribution >= 4 is 32.7 Å². The summed E-state index contributed by atoms with van der Waals surface area (Å²) in [6.45, 7) is 0.725. The van der Waals surface area contributed by atoms with E-state index in [1.54, 1.807) is 6.07 Å². The molecule has 1 amide bonds. The van der Waals surface area contributed by atoms with Crippen molar-refractivity contribution in [2.24, 2.45) is 5.92 Å². The van der Waals surface area contributed by atoms with Crippen LogP contribution in [0.1, 0.15) is 12.8 Å². The molecule has 3 heterocycles. The van der Waals surface area contributed by atoms with E-state index in [4.69, 9.17) is 0 Å². The molecule has 28 heavy (non-hydrogen) atoms. The largest absolute Gasteiger partial charge is 0.310 e. The minimum absolute atomic E-state index is 0.143. The van der Waals surface area contributed by atoms with Crippen molar-refractivity contribution in [1.29, 1.82) is 0 Å². The summed E-state index contributed by atoms with van der Waals surface area (Å²) >= 11 is 0. The number of sulfonamides is 1. The standard InChI is InChI=1S/C19H21N5O3S/c1-28(26,27)23-9-6-15(7-10-23)19(25)22-17-12-18(21-13-20-17)24-11-8-14-4-2-3-5-16(14)24/h2-5,8,11-13,15H,6-7,9-10H2,1H3,(H,20,21,22,25). The first-order chi connectivity index (χ1) is 13.4. The second-order valence-electron chi connectivity index (χ2n) is 6.93. The van der Waals surface area contributed by atoms with Gasteiger partial charge in [-0.15, -0.1) is 0 Å². The monoisotopic (exact) mass is 399 g/mol. The molecule has 1 aliphatic rings. The summed E-state index contributed by atoms with van der Waals surface area (Å²) in [4.78, 5) is 21.1. The number of para-hydroxylation sites is 1. The molecule has 0 radical (unpaired) electrons. The highest BCUT2D eigenvalue weighted by Gasteiger charge is 2.29. The number of hydrogen-bond acceptors (Lipinski definition) is 5. The van der Waals surface area contributed by atoms with Crippen LogP contribution in [0.5, 0.6) is 0 Å². The number of nitrogens with one attached hydrogen (secondary N) is 1. The minimum Gasteiger partial charge on any atom is -0.310 e. The maximum atomic E-state index is 12.6. The number of hydrogen-bond donors (Lipinski definition) is 1. The second-order valence-corrected chi connectivity index (χ2v) is 8.91. The number of aromatic nitrogens is 3. The number of carbonyl (C=O) groups excluding carboxylic acids is 1. The van der Waals surface area contributed by atoms with Crippen LogP contribution < -0.4 is 5.32 Å². The van der Waals surface area contributed by atoms with Gasteiger partial charge in [0.15, 0.2) is 0 Å². The van der Waals surface area contributed by atoms with Crippen LogP contribution in [0.3, 0.4) is 0 Å². The van der Waals surface area contributed by atoms with Gasteiger partial charge in [-0.05, 0) is 30.4 Å². The number of fused-ring (bicyclic) bond motifs is 1. The maximum Gasteiger partial charge on any atom is 0.228 e. The first-order valence-corrected chi connectivity index (χ1v) is 10.9. The third kappa shape index (κ3) is 3.76. The third-order valence-corrected chi connectivity index (χ3v) is 6.35. The highest BCUT2D eigenvalue weighted by molar-refractivity contribution is 7.88. The Morgan fingerprint density at radius 1 is 1.14 bits per heavy atom. The molecule has 0 aliphatic carbocycles. The SMILES string of the molecule is CS(=O)(=O)N1CCC(C(=O)Nc2cc(-n3ccc4ccccc43)ncn2)CC1. The zero-order chi connectivity index (χ0) is 19.7. The van der Waals surface area contributed by atoms with E-state index in [-0.39, 0.29) is 11.8 Å². The van der Waals surface area contributed by atoms with Crippen molar-refractivity contribution in [2.75, 3.05) is 24.7 Å². The molecule has 9 heteroatoms. The normalized spacial score (nSPS) is 16.3. The molecule has 1 saturated heterocycles. The van der Waals surface area contributed by atoms with Crippen LogP contribution in [0.25, 0.3) is 16.7 Å². The van der Waals surface area contributed by atoms with Gasteiger partial charge in [-0.1, -0.05) is 18.2 Å². The van der Waals surface area contributed by atoms with Crippen molar-refractivity contribution in [2.45, 2.75) is 12.8 Å². The molecule has 3 aromatic rings. The van der Waals surface area contributed by atoms with E-state index in [1.807, 2.05) is 41.1 Å². The molecule has 8 nitrogen and oxygen atoms in total. The number of carbonyl (C=O) groups is 1. The molecule has 0 unspecified atom stereocenters. The van der Waals surface area contributed by atoms with Crippen LogP contribution in [0, 0.1) is 5.92 Å². The Labute approximate surface area is 163 Å². The first-order valence-electron chi connectivity index (χ1n) is 9.06. The average molecular weight is 399 g/mol. The van der Waals surface area contributed by atoms with Crippen LogP contribution >= 0.6 is 0 Å². The van der Waals surface area contributed by atoms with Crippen molar-refractivity contribution in [1.82, 2.24) is 18.8 Å². The highest BCUT2D eigenvalue weighted by Crippen LogP contribution is 2.22. The predicted molar refractivity (Wildman–Crippen MR) is 107 cm³/mol. The van der Waals surface area contributed by atoms with Crippen LogP contribution in [0.15, 0.2) is 48.9 Å². The number of amides is 1. The average Bonchev–Trinajstić information content (AvgIpc) is 3.12. The lowest BCUT2D eigenvalue weighted by Crippen LogP contribution is -2.40. The van der Waals surface area contributed by atoms with Crippen molar-refractivity contribution in [3.05, 3.63) is 48.9 Å². The lowest BCUT2D eigenvalue weighted by Gasteiger charge is -2.29. The number of anilines is 1. The Hall–Kier alpha value is -2.78. The molecular weight excluding hydrogens is 378 g/mol. The molecule has 4 rings (SSSR count). The molecule has 146 valence electrons. The summed E-state index contributed by atoms with van der Waals surface area (Å²) in [5.74, 6) is 0.718. The van der Waals surface area contributed by atoms with Crippen molar-refractivity contribution in [3.8, 4) is 5.82 Å². The van der Waals surface area contributed by atoms with Crippen LogP contribution in [0.4, 0.5) is 5.82 Å². The van der Waals surface area contributed by atoms with Gasteiger partial charge in [-0.2, -0.15) is 0 Å². The fraction of sp³-hybridized carbons (Fsp3) is 0.316. The Kier molecular flexibility index (Phi) is 4.86. The Bertz CT molecular complexity index is 1120. The van der Waals surface area contributed by atoms with Gasteiger partial charge < -0.3 is 9.88 Å². The van der Waals surface area contributed by atoms with Gasteiger partial charge in [0, 0.05) is 31.3 Å². The molecule has 0 atom stereocenters. The second kappa shape index (κ2) is 7.33.